The number of alkyl halides is 5. The SMILES string of the molecule is C[C@H](Oc1ccc(N2CCC3(CCC(O)(COCC(F)F)CC3)C2=O)cc1)C(F)(F)F. The Morgan fingerprint density at radius 2 is 1.71 bits per heavy atom. The van der Waals surface area contributed by atoms with Crippen LogP contribution in [0.5, 0.6) is 5.75 Å². The molecule has 0 bridgehead atoms. The van der Waals surface area contributed by atoms with E-state index in [0.717, 1.165) is 6.92 Å². The lowest BCUT2D eigenvalue weighted by Gasteiger charge is -2.40. The van der Waals surface area contributed by atoms with E-state index in [2.05, 4.69) is 0 Å². The number of hydrogen-bond donors (Lipinski definition) is 1. The number of nitrogens with zero attached hydrogens (tertiary/aromatic N) is 1. The minimum absolute atomic E-state index is 0.0569. The van der Waals surface area contributed by atoms with E-state index in [1.54, 1.807) is 17.0 Å². The van der Waals surface area contributed by atoms with Crippen LogP contribution in [0.25, 0.3) is 0 Å². The molecule has 5 nitrogen and oxygen atoms in total. The molecule has 0 aromatic heterocycles. The Morgan fingerprint density at radius 3 is 2.26 bits per heavy atom. The number of amides is 1. The Hall–Kier alpha value is -1.94. The number of carbonyl (C=O) groups is 1. The molecule has 2 fully saturated rings. The molecule has 1 aliphatic carbocycles. The van der Waals surface area contributed by atoms with Crippen molar-refractivity contribution >= 4 is 11.6 Å². The van der Waals surface area contributed by atoms with E-state index in [-0.39, 0.29) is 31.1 Å². The molecule has 1 aromatic rings. The molecule has 0 radical (unpaired) electrons. The molecule has 1 heterocycles. The van der Waals surface area contributed by atoms with E-state index in [4.69, 9.17) is 9.47 Å². The van der Waals surface area contributed by atoms with Crippen molar-refractivity contribution in [1.29, 1.82) is 0 Å². The monoisotopic (exact) mass is 451 g/mol. The van der Waals surface area contributed by atoms with Crippen LogP contribution in [0.2, 0.25) is 0 Å². The molecule has 3 rings (SSSR count). The van der Waals surface area contributed by atoms with Gasteiger partial charge in [0.05, 0.1) is 17.6 Å². The summed E-state index contributed by atoms with van der Waals surface area (Å²) in [6, 6.07) is 5.89. The molecule has 0 unspecified atom stereocenters. The van der Waals surface area contributed by atoms with Gasteiger partial charge in [0.1, 0.15) is 12.4 Å². The molecule has 1 amide bonds. The zero-order chi connectivity index (χ0) is 22.9. The quantitative estimate of drug-likeness (QED) is 0.628. The number of aliphatic hydroxyl groups is 1. The highest BCUT2D eigenvalue weighted by molar-refractivity contribution is 6.00. The van der Waals surface area contributed by atoms with Crippen LogP contribution >= 0.6 is 0 Å². The third kappa shape index (κ3) is 5.46. The third-order valence-corrected chi connectivity index (χ3v) is 6.19. The number of hydrogen-bond acceptors (Lipinski definition) is 4. The summed E-state index contributed by atoms with van der Waals surface area (Å²) >= 11 is 0. The fraction of sp³-hybridized carbons (Fsp3) is 0.667. The van der Waals surface area contributed by atoms with E-state index in [1.807, 2.05) is 0 Å². The highest BCUT2D eigenvalue weighted by Crippen LogP contribution is 2.48. The molecule has 1 saturated carbocycles. The van der Waals surface area contributed by atoms with Crippen LogP contribution in [0.3, 0.4) is 0 Å². The second-order valence-corrected chi connectivity index (χ2v) is 8.41. The van der Waals surface area contributed by atoms with Gasteiger partial charge >= 0.3 is 6.18 Å². The summed E-state index contributed by atoms with van der Waals surface area (Å²) in [7, 11) is 0. The van der Waals surface area contributed by atoms with Gasteiger partial charge in [-0.2, -0.15) is 13.2 Å². The first-order valence-corrected chi connectivity index (χ1v) is 10.2. The predicted octanol–water partition coefficient (Wildman–Crippen LogP) is 4.33. The maximum absolute atomic E-state index is 13.1. The molecule has 1 atom stereocenters. The summed E-state index contributed by atoms with van der Waals surface area (Å²) < 4.78 is 72.2. The number of ether oxygens (including phenoxy) is 2. The number of rotatable bonds is 7. The van der Waals surface area contributed by atoms with Crippen molar-refractivity contribution in [2.24, 2.45) is 5.41 Å². The molecule has 1 spiro atoms. The largest absolute Gasteiger partial charge is 0.481 e. The van der Waals surface area contributed by atoms with Gasteiger partial charge in [-0.1, -0.05) is 0 Å². The summed E-state index contributed by atoms with van der Waals surface area (Å²) in [6.45, 7) is 0.452. The first kappa shape index (κ1) is 23.7. The second kappa shape index (κ2) is 8.90. The Morgan fingerprint density at radius 1 is 1.10 bits per heavy atom. The van der Waals surface area contributed by atoms with Crippen molar-refractivity contribution in [2.45, 2.75) is 63.3 Å². The molecule has 31 heavy (non-hydrogen) atoms. The van der Waals surface area contributed by atoms with Crippen molar-refractivity contribution in [2.75, 3.05) is 24.7 Å². The van der Waals surface area contributed by atoms with Gasteiger partial charge in [-0.25, -0.2) is 8.78 Å². The summed E-state index contributed by atoms with van der Waals surface area (Å²) in [5.41, 5.74) is -1.29. The molecule has 10 heteroatoms. The van der Waals surface area contributed by atoms with Crippen LogP contribution in [0.15, 0.2) is 24.3 Å². The van der Waals surface area contributed by atoms with Crippen molar-refractivity contribution in [1.82, 2.24) is 0 Å². The zero-order valence-corrected chi connectivity index (χ0v) is 17.1. The fourth-order valence-electron chi connectivity index (χ4n) is 4.18. The van der Waals surface area contributed by atoms with Gasteiger partial charge < -0.3 is 19.5 Å². The molecular formula is C21H26F5NO4. The van der Waals surface area contributed by atoms with Gasteiger partial charge in [-0.05, 0) is 63.3 Å². The van der Waals surface area contributed by atoms with Crippen molar-refractivity contribution in [3.8, 4) is 5.75 Å². The van der Waals surface area contributed by atoms with Crippen LogP contribution in [0.4, 0.5) is 27.6 Å². The molecule has 1 N–H and O–H groups in total. The molecule has 1 aliphatic heterocycles. The molecule has 174 valence electrons. The molecular weight excluding hydrogens is 425 g/mol. The van der Waals surface area contributed by atoms with Crippen LogP contribution in [0.1, 0.15) is 39.0 Å². The number of anilines is 1. The molecule has 1 saturated heterocycles. The Bertz CT molecular complexity index is 760. The van der Waals surface area contributed by atoms with Crippen LogP contribution in [-0.4, -0.2) is 55.1 Å². The summed E-state index contributed by atoms with van der Waals surface area (Å²) in [5, 5.41) is 10.6. The first-order valence-electron chi connectivity index (χ1n) is 10.2. The van der Waals surface area contributed by atoms with Gasteiger partial charge in [0.25, 0.3) is 6.43 Å². The predicted molar refractivity (Wildman–Crippen MR) is 102 cm³/mol. The summed E-state index contributed by atoms with van der Waals surface area (Å²) in [6.07, 6.45) is -7.04. The van der Waals surface area contributed by atoms with E-state index in [0.29, 0.717) is 31.5 Å². The minimum atomic E-state index is -4.47. The van der Waals surface area contributed by atoms with Crippen molar-refractivity contribution < 1.29 is 41.3 Å². The lowest BCUT2D eigenvalue weighted by Crippen LogP contribution is -2.46. The zero-order valence-electron chi connectivity index (χ0n) is 17.1. The van der Waals surface area contributed by atoms with Gasteiger partial charge in [-0.3, -0.25) is 4.79 Å². The van der Waals surface area contributed by atoms with Crippen LogP contribution in [-0.2, 0) is 9.53 Å². The third-order valence-electron chi connectivity index (χ3n) is 6.19. The van der Waals surface area contributed by atoms with Crippen LogP contribution in [0, 0.1) is 5.41 Å². The van der Waals surface area contributed by atoms with E-state index >= 15 is 0 Å². The van der Waals surface area contributed by atoms with Gasteiger partial charge in [-0.15, -0.1) is 0 Å². The van der Waals surface area contributed by atoms with Gasteiger partial charge in [0.2, 0.25) is 5.91 Å². The topological polar surface area (TPSA) is 59.0 Å². The van der Waals surface area contributed by atoms with Crippen LogP contribution < -0.4 is 9.64 Å². The number of carbonyl (C=O) groups excluding carboxylic acids is 1. The van der Waals surface area contributed by atoms with E-state index in [1.165, 1.54) is 12.1 Å². The van der Waals surface area contributed by atoms with E-state index < -0.39 is 36.3 Å². The number of halogens is 5. The maximum Gasteiger partial charge on any atom is 0.425 e. The second-order valence-electron chi connectivity index (χ2n) is 8.41. The first-order chi connectivity index (χ1) is 14.4. The summed E-state index contributed by atoms with van der Waals surface area (Å²) in [4.78, 5) is 14.7. The minimum Gasteiger partial charge on any atom is -0.481 e. The fourth-order valence-corrected chi connectivity index (χ4v) is 4.18. The highest BCUT2D eigenvalue weighted by Gasteiger charge is 2.51. The average Bonchev–Trinajstić information content (AvgIpc) is 3.01. The van der Waals surface area contributed by atoms with Gasteiger partial charge in [0.15, 0.2) is 6.10 Å². The number of benzene rings is 1. The summed E-state index contributed by atoms with van der Waals surface area (Å²) in [5.74, 6) is -0.0400. The maximum atomic E-state index is 13.1. The molecule has 2 aliphatic rings. The normalized spacial score (nSPS) is 27.9. The average molecular weight is 451 g/mol. The Kier molecular flexibility index (Phi) is 6.81. The lowest BCUT2D eigenvalue weighted by atomic mass is 9.68. The molecule has 1 aromatic carbocycles. The highest BCUT2D eigenvalue weighted by atomic mass is 19.4. The van der Waals surface area contributed by atoms with Gasteiger partial charge in [0, 0.05) is 12.2 Å². The van der Waals surface area contributed by atoms with E-state index in [9.17, 15) is 31.9 Å². The lowest BCUT2D eigenvalue weighted by molar-refractivity contribution is -0.189. The van der Waals surface area contributed by atoms with Crippen molar-refractivity contribution in [3.05, 3.63) is 24.3 Å². The Balaban J connectivity index is 1.59. The smallest absolute Gasteiger partial charge is 0.425 e. The standard InChI is InChI=1S/C21H26F5NO4/c1-14(21(24,25)26)31-16-4-2-15(3-5-16)27-11-10-19(18(27)28)6-8-20(29,9-7-19)13-30-12-17(22)23/h2-5,14,17,29H,6-13H2,1H3/t14-,19?,20?/m0/s1. The van der Waals surface area contributed by atoms with Crippen molar-refractivity contribution in [3.63, 3.8) is 0 Å². The Labute approximate surface area is 177 Å².